The van der Waals surface area contributed by atoms with E-state index in [-0.39, 0.29) is 17.4 Å². The first-order valence-corrected chi connectivity index (χ1v) is 6.18. The van der Waals surface area contributed by atoms with Crippen molar-refractivity contribution in [1.29, 1.82) is 0 Å². The molecule has 2 rings (SSSR count). The number of hydrogen-bond acceptors (Lipinski definition) is 5. The molecular weight excluding hydrogens is 250 g/mol. The van der Waals surface area contributed by atoms with Crippen LogP contribution in [0.5, 0.6) is 0 Å². The number of nitro groups is 2. The van der Waals surface area contributed by atoms with E-state index in [0.29, 0.717) is 11.6 Å². The van der Waals surface area contributed by atoms with Crippen LogP contribution in [0.3, 0.4) is 0 Å². The van der Waals surface area contributed by atoms with Crippen molar-refractivity contribution in [2.75, 3.05) is 5.32 Å². The first-order chi connectivity index (χ1) is 8.99. The highest BCUT2D eigenvalue weighted by molar-refractivity contribution is 5.65. The van der Waals surface area contributed by atoms with Crippen LogP contribution in [0, 0.1) is 26.1 Å². The van der Waals surface area contributed by atoms with Crippen LogP contribution in [0.15, 0.2) is 18.2 Å². The summed E-state index contributed by atoms with van der Waals surface area (Å²) in [5, 5.41) is 24.8. The predicted octanol–water partition coefficient (Wildman–Crippen LogP) is 3.10. The van der Waals surface area contributed by atoms with E-state index in [4.69, 9.17) is 0 Å². The van der Waals surface area contributed by atoms with E-state index in [2.05, 4.69) is 12.2 Å². The highest BCUT2D eigenvalue weighted by Crippen LogP contribution is 2.33. The second-order valence-electron chi connectivity index (χ2n) is 4.87. The van der Waals surface area contributed by atoms with Crippen molar-refractivity contribution in [3.8, 4) is 0 Å². The Balaban J connectivity index is 2.29. The topological polar surface area (TPSA) is 98.3 Å². The van der Waals surface area contributed by atoms with Crippen molar-refractivity contribution in [2.24, 2.45) is 5.92 Å². The van der Waals surface area contributed by atoms with E-state index >= 15 is 0 Å². The van der Waals surface area contributed by atoms with E-state index in [9.17, 15) is 20.2 Å². The molecule has 1 aliphatic carbocycles. The second-order valence-corrected chi connectivity index (χ2v) is 4.87. The molecule has 0 saturated heterocycles. The van der Waals surface area contributed by atoms with Gasteiger partial charge in [0.2, 0.25) is 0 Å². The standard InChI is InChI=1S/C12H15N3O4/c1-8-3-2-4-10(8)13-11-6-5-9(14(16)17)7-12(11)15(18)19/h5-8,10,13H,2-4H2,1H3. The lowest BCUT2D eigenvalue weighted by Crippen LogP contribution is -2.22. The lowest BCUT2D eigenvalue weighted by atomic mass is 10.1. The molecule has 1 aromatic carbocycles. The molecule has 0 aliphatic heterocycles. The predicted molar refractivity (Wildman–Crippen MR) is 70.2 cm³/mol. The molecule has 2 atom stereocenters. The Labute approximate surface area is 109 Å². The number of anilines is 1. The normalized spacial score (nSPS) is 22.2. The van der Waals surface area contributed by atoms with E-state index < -0.39 is 9.85 Å². The molecule has 0 aromatic heterocycles. The van der Waals surface area contributed by atoms with E-state index in [1.807, 2.05) is 0 Å². The van der Waals surface area contributed by atoms with Crippen molar-refractivity contribution in [2.45, 2.75) is 32.2 Å². The maximum Gasteiger partial charge on any atom is 0.299 e. The van der Waals surface area contributed by atoms with Gasteiger partial charge >= 0.3 is 0 Å². The Morgan fingerprint density at radius 1 is 1.21 bits per heavy atom. The van der Waals surface area contributed by atoms with Gasteiger partial charge in [-0.3, -0.25) is 20.2 Å². The van der Waals surface area contributed by atoms with Gasteiger partial charge < -0.3 is 5.32 Å². The van der Waals surface area contributed by atoms with E-state index in [1.54, 1.807) is 0 Å². The summed E-state index contributed by atoms with van der Waals surface area (Å²) < 4.78 is 0. The first-order valence-electron chi connectivity index (χ1n) is 6.18. The molecule has 1 saturated carbocycles. The fourth-order valence-corrected chi connectivity index (χ4v) is 2.47. The molecule has 1 aliphatic rings. The number of rotatable bonds is 4. The summed E-state index contributed by atoms with van der Waals surface area (Å²) in [7, 11) is 0. The maximum absolute atomic E-state index is 11.0. The minimum atomic E-state index is -0.630. The summed E-state index contributed by atoms with van der Waals surface area (Å²) in [5.41, 5.74) is -0.153. The number of nitrogens with zero attached hydrogens (tertiary/aromatic N) is 2. The Bertz CT molecular complexity index is 518. The molecule has 19 heavy (non-hydrogen) atoms. The van der Waals surface area contributed by atoms with Crippen molar-refractivity contribution < 1.29 is 9.85 Å². The van der Waals surface area contributed by atoms with Gasteiger partial charge in [-0.05, 0) is 24.8 Å². The zero-order valence-electron chi connectivity index (χ0n) is 10.5. The third-order valence-electron chi connectivity index (χ3n) is 3.59. The molecule has 7 heteroatoms. The van der Waals surface area contributed by atoms with E-state index in [1.165, 1.54) is 12.1 Å². The van der Waals surface area contributed by atoms with Crippen LogP contribution < -0.4 is 5.32 Å². The first kappa shape index (κ1) is 13.3. The SMILES string of the molecule is CC1CCCC1Nc1ccc([N+](=O)[O-])cc1[N+](=O)[O-]. The smallest absolute Gasteiger partial charge is 0.299 e. The molecule has 1 fully saturated rings. The highest BCUT2D eigenvalue weighted by atomic mass is 16.6. The summed E-state index contributed by atoms with van der Waals surface area (Å²) >= 11 is 0. The monoisotopic (exact) mass is 265 g/mol. The summed E-state index contributed by atoms with van der Waals surface area (Å²) in [6.07, 6.45) is 3.16. The fraction of sp³-hybridized carbons (Fsp3) is 0.500. The molecular formula is C12H15N3O4. The molecule has 0 amide bonds. The van der Waals surface area contributed by atoms with Crippen molar-refractivity contribution in [3.63, 3.8) is 0 Å². The van der Waals surface area contributed by atoms with Gasteiger partial charge in [-0.1, -0.05) is 13.3 Å². The van der Waals surface area contributed by atoms with Gasteiger partial charge in [0.15, 0.2) is 0 Å². The molecule has 1 N–H and O–H groups in total. The van der Waals surface area contributed by atoms with Crippen LogP contribution in [-0.4, -0.2) is 15.9 Å². The van der Waals surface area contributed by atoms with Gasteiger partial charge in [-0.2, -0.15) is 0 Å². The zero-order chi connectivity index (χ0) is 14.0. The zero-order valence-corrected chi connectivity index (χ0v) is 10.5. The van der Waals surface area contributed by atoms with Crippen molar-refractivity contribution in [3.05, 3.63) is 38.4 Å². The number of hydrogen-bond donors (Lipinski definition) is 1. The number of benzene rings is 1. The molecule has 2 unspecified atom stereocenters. The molecule has 0 bridgehead atoms. The van der Waals surface area contributed by atoms with Crippen LogP contribution in [0.2, 0.25) is 0 Å². The third kappa shape index (κ3) is 2.81. The molecule has 0 spiro atoms. The average molecular weight is 265 g/mol. The second kappa shape index (κ2) is 5.21. The van der Waals surface area contributed by atoms with Gasteiger partial charge in [0.05, 0.1) is 15.9 Å². The largest absolute Gasteiger partial charge is 0.376 e. The van der Waals surface area contributed by atoms with Gasteiger partial charge in [0.25, 0.3) is 11.4 Å². The van der Waals surface area contributed by atoms with Gasteiger partial charge in [-0.15, -0.1) is 0 Å². The Morgan fingerprint density at radius 2 is 1.95 bits per heavy atom. The quantitative estimate of drug-likeness (QED) is 0.666. The summed E-state index contributed by atoms with van der Waals surface area (Å²) in [5.74, 6) is 0.454. The van der Waals surface area contributed by atoms with Crippen LogP contribution >= 0.6 is 0 Å². The summed E-state index contributed by atoms with van der Waals surface area (Å²) in [6, 6.07) is 3.90. The summed E-state index contributed by atoms with van der Waals surface area (Å²) in [6.45, 7) is 2.10. The van der Waals surface area contributed by atoms with Crippen LogP contribution in [-0.2, 0) is 0 Å². The lowest BCUT2D eigenvalue weighted by molar-refractivity contribution is -0.393. The Hall–Kier alpha value is -2.18. The van der Waals surface area contributed by atoms with Gasteiger partial charge in [0.1, 0.15) is 5.69 Å². The highest BCUT2D eigenvalue weighted by Gasteiger charge is 2.26. The minimum absolute atomic E-state index is 0.195. The molecule has 0 radical (unpaired) electrons. The van der Waals surface area contributed by atoms with Crippen LogP contribution in [0.25, 0.3) is 0 Å². The Kier molecular flexibility index (Phi) is 3.64. The van der Waals surface area contributed by atoms with E-state index in [0.717, 1.165) is 25.3 Å². The fourth-order valence-electron chi connectivity index (χ4n) is 2.47. The number of nitrogens with one attached hydrogen (secondary N) is 1. The van der Waals surface area contributed by atoms with Crippen molar-refractivity contribution >= 4 is 17.1 Å². The molecule has 102 valence electrons. The van der Waals surface area contributed by atoms with Crippen LogP contribution in [0.1, 0.15) is 26.2 Å². The lowest BCUT2D eigenvalue weighted by Gasteiger charge is -2.18. The van der Waals surface area contributed by atoms with Gasteiger partial charge in [-0.25, -0.2) is 0 Å². The van der Waals surface area contributed by atoms with Gasteiger partial charge in [0, 0.05) is 12.1 Å². The third-order valence-corrected chi connectivity index (χ3v) is 3.59. The number of nitro benzene ring substituents is 2. The van der Waals surface area contributed by atoms with Crippen LogP contribution in [0.4, 0.5) is 17.1 Å². The van der Waals surface area contributed by atoms with Crippen molar-refractivity contribution in [1.82, 2.24) is 0 Å². The maximum atomic E-state index is 11.0. The average Bonchev–Trinajstić information content (AvgIpc) is 2.75. The molecule has 0 heterocycles. The Morgan fingerprint density at radius 3 is 2.47 bits per heavy atom. The minimum Gasteiger partial charge on any atom is -0.376 e. The number of non-ortho nitro benzene ring substituents is 1. The molecule has 7 nitrogen and oxygen atoms in total. The molecule has 1 aromatic rings. The summed E-state index contributed by atoms with van der Waals surface area (Å²) in [4.78, 5) is 20.4.